The third kappa shape index (κ3) is 2.67. The van der Waals surface area contributed by atoms with Gasteiger partial charge in [-0.2, -0.15) is 0 Å². The van der Waals surface area contributed by atoms with Crippen molar-refractivity contribution in [1.29, 1.82) is 0 Å². The minimum absolute atomic E-state index is 0.318. The number of hydrogen-bond acceptors (Lipinski definition) is 4. The van der Waals surface area contributed by atoms with Crippen LogP contribution in [0.4, 0.5) is 4.39 Å². The van der Waals surface area contributed by atoms with E-state index in [4.69, 9.17) is 4.42 Å². The van der Waals surface area contributed by atoms with Crippen molar-refractivity contribution in [3.63, 3.8) is 0 Å². The van der Waals surface area contributed by atoms with E-state index >= 15 is 0 Å². The second-order valence-corrected chi connectivity index (χ2v) is 6.08. The minimum atomic E-state index is -0.318. The van der Waals surface area contributed by atoms with E-state index < -0.39 is 0 Å². The van der Waals surface area contributed by atoms with Crippen molar-refractivity contribution in [2.45, 2.75) is 0 Å². The normalized spacial score (nSPS) is 11.1. The van der Waals surface area contributed by atoms with Gasteiger partial charge >= 0.3 is 0 Å². The molecule has 0 aliphatic carbocycles. The number of hydrogen-bond donors (Lipinski definition) is 0. The van der Waals surface area contributed by atoms with Gasteiger partial charge in [-0.1, -0.05) is 42.5 Å². The van der Waals surface area contributed by atoms with Gasteiger partial charge in [0.25, 0.3) is 0 Å². The zero-order chi connectivity index (χ0) is 18.2. The summed E-state index contributed by atoms with van der Waals surface area (Å²) in [6, 6.07) is 19.9. The van der Waals surface area contributed by atoms with Crippen LogP contribution in [0.1, 0.15) is 0 Å². The highest BCUT2D eigenvalue weighted by molar-refractivity contribution is 5.77. The van der Waals surface area contributed by atoms with Gasteiger partial charge in [-0.25, -0.2) is 9.37 Å². The van der Waals surface area contributed by atoms with E-state index in [1.807, 2.05) is 53.1 Å². The predicted octanol–water partition coefficient (Wildman–Crippen LogP) is 4.86. The number of fused-ring (bicyclic) bond motifs is 1. The van der Waals surface area contributed by atoms with E-state index in [1.54, 1.807) is 12.1 Å². The van der Waals surface area contributed by atoms with Crippen LogP contribution < -0.4 is 0 Å². The summed E-state index contributed by atoms with van der Waals surface area (Å²) in [4.78, 5) is 4.28. The van der Waals surface area contributed by atoms with Gasteiger partial charge in [0.05, 0.1) is 0 Å². The zero-order valence-corrected chi connectivity index (χ0v) is 14.1. The van der Waals surface area contributed by atoms with E-state index in [-0.39, 0.29) is 5.82 Å². The van der Waals surface area contributed by atoms with E-state index in [9.17, 15) is 4.39 Å². The molecule has 0 spiro atoms. The van der Waals surface area contributed by atoms with Crippen molar-refractivity contribution in [3.8, 4) is 34.0 Å². The van der Waals surface area contributed by atoms with Crippen LogP contribution in [0.25, 0.3) is 39.6 Å². The molecule has 0 N–H and O–H groups in total. The zero-order valence-electron chi connectivity index (χ0n) is 14.1. The number of oxazole rings is 1. The molecule has 2 aromatic carbocycles. The van der Waals surface area contributed by atoms with Gasteiger partial charge in [-0.05, 0) is 24.3 Å². The molecule has 0 saturated heterocycles. The molecule has 0 aliphatic rings. The largest absolute Gasteiger partial charge is 0.443 e. The minimum Gasteiger partial charge on any atom is -0.443 e. The van der Waals surface area contributed by atoms with Crippen LogP contribution in [0, 0.1) is 5.82 Å². The smallest absolute Gasteiger partial charge is 0.182 e. The highest BCUT2D eigenvalue weighted by Gasteiger charge is 2.16. The number of rotatable bonds is 3. The van der Waals surface area contributed by atoms with Gasteiger partial charge in [0.1, 0.15) is 11.5 Å². The first-order valence-corrected chi connectivity index (χ1v) is 8.39. The second-order valence-electron chi connectivity index (χ2n) is 6.08. The molecule has 6 heteroatoms. The molecule has 0 atom stereocenters. The molecule has 5 nitrogen and oxygen atoms in total. The molecule has 0 unspecified atom stereocenters. The van der Waals surface area contributed by atoms with Gasteiger partial charge in [-0.15, -0.1) is 10.2 Å². The third-order valence-corrected chi connectivity index (χ3v) is 4.36. The molecule has 0 aliphatic heterocycles. The Hall–Kier alpha value is -3.80. The molecule has 130 valence electrons. The molecular formula is C21H13FN4O. The highest BCUT2D eigenvalue weighted by Crippen LogP contribution is 2.32. The van der Waals surface area contributed by atoms with Crippen molar-refractivity contribution in [1.82, 2.24) is 19.6 Å². The first-order valence-electron chi connectivity index (χ1n) is 8.39. The van der Waals surface area contributed by atoms with E-state index in [2.05, 4.69) is 15.2 Å². The number of halogens is 1. The maximum atomic E-state index is 13.6. The number of aromatic nitrogens is 4. The van der Waals surface area contributed by atoms with Crippen molar-refractivity contribution in [3.05, 3.63) is 85.1 Å². The van der Waals surface area contributed by atoms with Crippen LogP contribution in [0.5, 0.6) is 0 Å². The monoisotopic (exact) mass is 356 g/mol. The number of pyridine rings is 1. The molecular weight excluding hydrogens is 343 g/mol. The van der Waals surface area contributed by atoms with Crippen LogP contribution in [0.15, 0.2) is 83.7 Å². The Bertz CT molecular complexity index is 1240. The fourth-order valence-corrected chi connectivity index (χ4v) is 3.10. The summed E-state index contributed by atoms with van der Waals surface area (Å²) < 4.78 is 21.2. The lowest BCUT2D eigenvalue weighted by molar-refractivity contribution is 0.572. The SMILES string of the molecule is Fc1cccc(-c2ncoc2-c2ccc3nnc(-c4ccccc4)n3c2)c1. The van der Waals surface area contributed by atoms with Crippen molar-refractivity contribution < 1.29 is 8.81 Å². The van der Waals surface area contributed by atoms with Crippen LogP contribution in [0.2, 0.25) is 0 Å². The molecule has 3 aromatic heterocycles. The Balaban J connectivity index is 1.66. The highest BCUT2D eigenvalue weighted by atomic mass is 19.1. The summed E-state index contributed by atoms with van der Waals surface area (Å²) in [6.07, 6.45) is 3.27. The standard InChI is InChI=1S/C21H13FN4O/c22-17-8-4-7-15(11-17)19-20(27-13-23-19)16-9-10-18-24-25-21(26(18)12-16)14-5-2-1-3-6-14/h1-13H. The van der Waals surface area contributed by atoms with Gasteiger partial charge < -0.3 is 4.42 Å². The first kappa shape index (κ1) is 15.5. The molecule has 27 heavy (non-hydrogen) atoms. The van der Waals surface area contributed by atoms with Gasteiger partial charge in [0, 0.05) is 22.9 Å². The van der Waals surface area contributed by atoms with Crippen LogP contribution >= 0.6 is 0 Å². The van der Waals surface area contributed by atoms with Crippen LogP contribution in [0.3, 0.4) is 0 Å². The molecule has 0 radical (unpaired) electrons. The molecule has 0 bridgehead atoms. The Kier molecular flexibility index (Phi) is 3.53. The average Bonchev–Trinajstić information content (AvgIpc) is 3.35. The average molecular weight is 356 g/mol. The van der Waals surface area contributed by atoms with Gasteiger partial charge in [0.15, 0.2) is 23.6 Å². The maximum Gasteiger partial charge on any atom is 0.182 e. The number of nitrogens with zero attached hydrogens (tertiary/aromatic N) is 4. The van der Waals surface area contributed by atoms with Gasteiger partial charge in [0.2, 0.25) is 0 Å². The predicted molar refractivity (Wildman–Crippen MR) is 99.3 cm³/mol. The summed E-state index contributed by atoms with van der Waals surface area (Å²) in [6.45, 7) is 0. The fourth-order valence-electron chi connectivity index (χ4n) is 3.10. The van der Waals surface area contributed by atoms with E-state index in [0.717, 1.165) is 22.6 Å². The molecule has 3 heterocycles. The Labute approximate surface area is 153 Å². The van der Waals surface area contributed by atoms with Crippen LogP contribution in [-0.2, 0) is 0 Å². The molecule has 0 amide bonds. The molecule has 0 saturated carbocycles. The molecule has 5 aromatic rings. The van der Waals surface area contributed by atoms with Crippen molar-refractivity contribution in [2.75, 3.05) is 0 Å². The summed E-state index contributed by atoms with van der Waals surface area (Å²) in [5.74, 6) is 0.983. The molecule has 5 rings (SSSR count). The second kappa shape index (κ2) is 6.17. The summed E-state index contributed by atoms with van der Waals surface area (Å²) in [5.41, 5.74) is 3.74. The van der Waals surface area contributed by atoms with Crippen LogP contribution in [-0.4, -0.2) is 19.6 Å². The third-order valence-electron chi connectivity index (χ3n) is 4.36. The topological polar surface area (TPSA) is 56.2 Å². The first-order chi connectivity index (χ1) is 13.3. The van der Waals surface area contributed by atoms with Gasteiger partial charge in [-0.3, -0.25) is 4.40 Å². The van der Waals surface area contributed by atoms with Crippen molar-refractivity contribution >= 4 is 5.65 Å². The Morgan fingerprint density at radius 1 is 0.815 bits per heavy atom. The Morgan fingerprint density at radius 3 is 2.52 bits per heavy atom. The lowest BCUT2D eigenvalue weighted by atomic mass is 10.1. The quantitative estimate of drug-likeness (QED) is 0.463. The fraction of sp³-hybridized carbons (Fsp3) is 0. The lowest BCUT2D eigenvalue weighted by Gasteiger charge is -2.05. The van der Waals surface area contributed by atoms with E-state index in [0.29, 0.717) is 17.0 Å². The summed E-state index contributed by atoms with van der Waals surface area (Å²) >= 11 is 0. The summed E-state index contributed by atoms with van der Waals surface area (Å²) in [7, 11) is 0. The lowest BCUT2D eigenvalue weighted by Crippen LogP contribution is -1.91. The van der Waals surface area contributed by atoms with E-state index in [1.165, 1.54) is 18.5 Å². The Morgan fingerprint density at radius 2 is 1.67 bits per heavy atom. The maximum absolute atomic E-state index is 13.6. The summed E-state index contributed by atoms with van der Waals surface area (Å²) in [5, 5.41) is 8.52. The van der Waals surface area contributed by atoms with Crippen molar-refractivity contribution in [2.24, 2.45) is 0 Å². The number of benzene rings is 2. The molecule has 0 fully saturated rings.